The van der Waals surface area contributed by atoms with Crippen LogP contribution in [-0.4, -0.2) is 17.7 Å². The minimum atomic E-state index is 0.0278. The van der Waals surface area contributed by atoms with E-state index in [-0.39, 0.29) is 17.2 Å². The van der Waals surface area contributed by atoms with Gasteiger partial charge in [0.05, 0.1) is 17.0 Å². The zero-order chi connectivity index (χ0) is 17.5. The monoisotopic (exact) mass is 358 g/mol. The number of hydrogen-bond donors (Lipinski definition) is 1. The number of fused-ring (bicyclic) bond motifs is 4. The number of nitrogens with one attached hydrogen (secondary N) is 1. The molecule has 0 radical (unpaired) electrons. The van der Waals surface area contributed by atoms with E-state index < -0.39 is 0 Å². The molecule has 0 aliphatic carbocycles. The predicted molar refractivity (Wildman–Crippen MR) is 107 cm³/mol. The molecule has 5 rings (SSSR count). The van der Waals surface area contributed by atoms with Gasteiger partial charge in [0, 0.05) is 22.7 Å². The fraction of sp³-hybridized carbons (Fsp3) is 0.136. The molecule has 2 aliphatic rings. The lowest BCUT2D eigenvalue weighted by Crippen LogP contribution is -2.47. The highest BCUT2D eigenvalue weighted by atomic mass is 32.2. The van der Waals surface area contributed by atoms with Crippen molar-refractivity contribution in [2.24, 2.45) is 0 Å². The smallest absolute Gasteiger partial charge is 0.258 e. The Morgan fingerprint density at radius 3 is 2.54 bits per heavy atom. The Kier molecular flexibility index (Phi) is 3.71. The number of amides is 1. The van der Waals surface area contributed by atoms with E-state index in [2.05, 4.69) is 35.6 Å². The van der Waals surface area contributed by atoms with Crippen LogP contribution in [0.3, 0.4) is 0 Å². The van der Waals surface area contributed by atoms with Crippen molar-refractivity contribution in [1.29, 1.82) is 0 Å². The second-order valence-electron chi connectivity index (χ2n) is 6.58. The quantitative estimate of drug-likeness (QED) is 0.666. The van der Waals surface area contributed by atoms with E-state index in [0.717, 1.165) is 23.5 Å². The molecule has 3 nitrogen and oxygen atoms in total. The summed E-state index contributed by atoms with van der Waals surface area (Å²) >= 11 is 1.86. The van der Waals surface area contributed by atoms with Gasteiger partial charge in [0.15, 0.2) is 0 Å². The van der Waals surface area contributed by atoms with Crippen LogP contribution in [0.1, 0.15) is 22.0 Å². The van der Waals surface area contributed by atoms with Crippen molar-refractivity contribution >= 4 is 29.0 Å². The Hall–Kier alpha value is -2.72. The molecule has 0 aromatic heterocycles. The van der Waals surface area contributed by atoms with Crippen molar-refractivity contribution in [3.8, 4) is 0 Å². The largest absolute Gasteiger partial charge is 0.384 e. The van der Waals surface area contributed by atoms with E-state index in [1.54, 1.807) is 0 Å². The molecule has 1 amide bonds. The Bertz CT molecular complexity index is 973. The van der Waals surface area contributed by atoms with Crippen LogP contribution in [0.4, 0.5) is 11.4 Å². The number of para-hydroxylation sites is 2. The standard InChI is InChI=1S/C22H18N2OS/c25-22(15-8-2-1-3-9-15)24-18-12-6-7-13-19(18)26-20-14-23-17-11-5-4-10-16(17)21(20)24/h1-13,20-21,23H,14H2/t20-,21+/m0/s1. The minimum Gasteiger partial charge on any atom is -0.384 e. The summed E-state index contributed by atoms with van der Waals surface area (Å²) < 4.78 is 0. The van der Waals surface area contributed by atoms with Gasteiger partial charge in [-0.1, -0.05) is 48.5 Å². The van der Waals surface area contributed by atoms with Gasteiger partial charge >= 0.3 is 0 Å². The zero-order valence-corrected chi connectivity index (χ0v) is 14.9. The van der Waals surface area contributed by atoms with Gasteiger partial charge < -0.3 is 5.32 Å². The molecule has 0 saturated heterocycles. The summed E-state index contributed by atoms with van der Waals surface area (Å²) in [5.41, 5.74) is 4.04. The highest BCUT2D eigenvalue weighted by Gasteiger charge is 2.42. The van der Waals surface area contributed by atoms with Crippen molar-refractivity contribution in [1.82, 2.24) is 0 Å². The normalized spacial score (nSPS) is 20.4. The molecule has 2 aliphatic heterocycles. The molecule has 0 saturated carbocycles. The zero-order valence-electron chi connectivity index (χ0n) is 14.1. The number of anilines is 2. The lowest BCUT2D eigenvalue weighted by atomic mass is 9.94. The first-order valence-corrected chi connectivity index (χ1v) is 9.68. The van der Waals surface area contributed by atoms with E-state index in [1.165, 1.54) is 10.5 Å². The van der Waals surface area contributed by atoms with Crippen LogP contribution in [0.15, 0.2) is 83.8 Å². The molecule has 2 atom stereocenters. The molecule has 0 unspecified atom stereocenters. The highest BCUT2D eigenvalue weighted by Crippen LogP contribution is 2.51. The van der Waals surface area contributed by atoms with Gasteiger partial charge in [-0.3, -0.25) is 9.69 Å². The van der Waals surface area contributed by atoms with Crippen LogP contribution in [0.25, 0.3) is 0 Å². The van der Waals surface area contributed by atoms with E-state index in [0.29, 0.717) is 0 Å². The number of nitrogens with zero attached hydrogens (tertiary/aromatic N) is 1. The van der Waals surface area contributed by atoms with Gasteiger partial charge in [-0.25, -0.2) is 0 Å². The summed E-state index contributed by atoms with van der Waals surface area (Å²) in [6.45, 7) is 0.846. The first kappa shape index (κ1) is 15.5. The van der Waals surface area contributed by atoms with Gasteiger partial charge in [0.25, 0.3) is 5.91 Å². The molecule has 26 heavy (non-hydrogen) atoms. The summed E-state index contributed by atoms with van der Waals surface area (Å²) in [5.74, 6) is 0.0602. The first-order chi connectivity index (χ1) is 12.8. The average Bonchev–Trinajstić information content (AvgIpc) is 2.72. The maximum Gasteiger partial charge on any atom is 0.258 e. The maximum atomic E-state index is 13.5. The lowest BCUT2D eigenvalue weighted by Gasteiger charge is -2.45. The maximum absolute atomic E-state index is 13.5. The number of carbonyl (C=O) groups is 1. The van der Waals surface area contributed by atoms with Gasteiger partial charge in [0.1, 0.15) is 0 Å². The summed E-state index contributed by atoms with van der Waals surface area (Å²) in [4.78, 5) is 16.7. The third-order valence-corrected chi connectivity index (χ3v) is 6.37. The fourth-order valence-corrected chi connectivity index (χ4v) is 5.21. The number of thioether (sulfide) groups is 1. The van der Waals surface area contributed by atoms with Crippen LogP contribution in [0.5, 0.6) is 0 Å². The van der Waals surface area contributed by atoms with E-state index >= 15 is 0 Å². The van der Waals surface area contributed by atoms with Gasteiger partial charge in [-0.05, 0) is 35.9 Å². The van der Waals surface area contributed by atoms with Gasteiger partial charge in [-0.15, -0.1) is 11.8 Å². The molecule has 0 fully saturated rings. The minimum absolute atomic E-state index is 0.0278. The average molecular weight is 358 g/mol. The van der Waals surface area contributed by atoms with Crippen molar-refractivity contribution in [2.45, 2.75) is 16.2 Å². The number of benzene rings is 3. The van der Waals surface area contributed by atoms with E-state index in [4.69, 9.17) is 0 Å². The molecule has 128 valence electrons. The van der Waals surface area contributed by atoms with Crippen molar-refractivity contribution in [2.75, 3.05) is 16.8 Å². The Balaban J connectivity index is 1.69. The van der Waals surface area contributed by atoms with Crippen molar-refractivity contribution in [3.05, 3.63) is 90.0 Å². The summed E-state index contributed by atoms with van der Waals surface area (Å²) in [7, 11) is 0. The third kappa shape index (κ3) is 2.41. The van der Waals surface area contributed by atoms with E-state index in [9.17, 15) is 4.79 Å². The second kappa shape index (κ2) is 6.22. The Morgan fingerprint density at radius 2 is 1.65 bits per heavy atom. The number of rotatable bonds is 1. The van der Waals surface area contributed by atoms with Crippen LogP contribution in [0, 0.1) is 0 Å². The topological polar surface area (TPSA) is 32.3 Å². The fourth-order valence-electron chi connectivity index (χ4n) is 3.87. The summed E-state index contributed by atoms with van der Waals surface area (Å²) in [6, 6.07) is 26.2. The molecule has 0 bridgehead atoms. The number of hydrogen-bond acceptors (Lipinski definition) is 3. The van der Waals surface area contributed by atoms with Crippen LogP contribution < -0.4 is 10.2 Å². The number of carbonyl (C=O) groups excluding carboxylic acids is 1. The molecule has 1 N–H and O–H groups in total. The van der Waals surface area contributed by atoms with Crippen LogP contribution in [-0.2, 0) is 0 Å². The highest BCUT2D eigenvalue weighted by molar-refractivity contribution is 8.00. The van der Waals surface area contributed by atoms with Crippen LogP contribution in [0.2, 0.25) is 0 Å². The molecule has 3 aromatic carbocycles. The summed E-state index contributed by atoms with van der Waals surface area (Å²) in [5, 5.41) is 3.82. The van der Waals surface area contributed by atoms with Crippen LogP contribution >= 0.6 is 11.8 Å². The van der Waals surface area contributed by atoms with Gasteiger partial charge in [-0.2, -0.15) is 0 Å². The third-order valence-electron chi connectivity index (χ3n) is 5.05. The van der Waals surface area contributed by atoms with Gasteiger partial charge in [0.2, 0.25) is 0 Å². The molecular formula is C22H18N2OS. The molecule has 0 spiro atoms. The Morgan fingerprint density at radius 1 is 0.923 bits per heavy atom. The summed E-state index contributed by atoms with van der Waals surface area (Å²) in [6.07, 6.45) is 0. The van der Waals surface area contributed by atoms with Crippen molar-refractivity contribution < 1.29 is 4.79 Å². The predicted octanol–water partition coefficient (Wildman–Crippen LogP) is 4.97. The molecule has 4 heteroatoms. The molecule has 3 aromatic rings. The second-order valence-corrected chi connectivity index (χ2v) is 7.86. The van der Waals surface area contributed by atoms with E-state index in [1.807, 2.05) is 65.2 Å². The Labute approximate surface area is 157 Å². The molecule has 2 heterocycles. The lowest BCUT2D eigenvalue weighted by molar-refractivity contribution is 0.0974. The molecular weight excluding hydrogens is 340 g/mol. The SMILES string of the molecule is O=C(c1ccccc1)N1c2ccccc2S[C@H]2CNc3ccccc3[C@H]21. The van der Waals surface area contributed by atoms with Crippen molar-refractivity contribution in [3.63, 3.8) is 0 Å². The first-order valence-electron chi connectivity index (χ1n) is 8.80.